The summed E-state index contributed by atoms with van der Waals surface area (Å²) < 4.78 is 12.9. The predicted octanol–water partition coefficient (Wildman–Crippen LogP) is 0.961. The van der Waals surface area contributed by atoms with Crippen molar-refractivity contribution in [2.45, 2.75) is 25.8 Å². The molecule has 2 rings (SSSR count). The van der Waals surface area contributed by atoms with E-state index in [1.165, 1.54) is 12.3 Å². The van der Waals surface area contributed by atoms with E-state index in [0.29, 0.717) is 13.0 Å². The monoisotopic (exact) mass is 265 g/mol. The molecule has 2 heterocycles. The Balaban J connectivity index is 1.89. The maximum atomic E-state index is 12.9. The Labute approximate surface area is 110 Å². The van der Waals surface area contributed by atoms with E-state index >= 15 is 0 Å². The van der Waals surface area contributed by atoms with Gasteiger partial charge in [-0.2, -0.15) is 4.39 Å². The number of pyridine rings is 1. The lowest BCUT2D eigenvalue weighted by molar-refractivity contribution is -0.127. The van der Waals surface area contributed by atoms with Gasteiger partial charge < -0.3 is 10.2 Å². The van der Waals surface area contributed by atoms with Gasteiger partial charge >= 0.3 is 0 Å². The second-order valence-corrected chi connectivity index (χ2v) is 4.69. The summed E-state index contributed by atoms with van der Waals surface area (Å²) in [6.07, 6.45) is 2.70. The lowest BCUT2D eigenvalue weighted by atomic mass is 10.2. The molecule has 1 aromatic rings. The Morgan fingerprint density at radius 3 is 3.05 bits per heavy atom. The Morgan fingerprint density at radius 2 is 2.42 bits per heavy atom. The molecule has 1 aliphatic rings. The highest BCUT2D eigenvalue weighted by Crippen LogP contribution is 2.10. The molecule has 19 heavy (non-hydrogen) atoms. The van der Waals surface area contributed by atoms with Crippen molar-refractivity contribution in [2.24, 2.45) is 0 Å². The van der Waals surface area contributed by atoms with Crippen molar-refractivity contribution in [1.29, 1.82) is 0 Å². The number of halogens is 1. The summed E-state index contributed by atoms with van der Waals surface area (Å²) in [5, 5.41) is 2.74. The zero-order chi connectivity index (χ0) is 13.8. The summed E-state index contributed by atoms with van der Waals surface area (Å²) in [6, 6.07) is 2.36. The fourth-order valence-corrected chi connectivity index (χ4v) is 2.12. The molecule has 5 nitrogen and oxygen atoms in total. The Morgan fingerprint density at radius 1 is 1.63 bits per heavy atom. The molecule has 1 unspecified atom stereocenters. The normalized spacial score (nSPS) is 16.5. The van der Waals surface area contributed by atoms with Crippen molar-refractivity contribution in [3.8, 4) is 0 Å². The van der Waals surface area contributed by atoms with Crippen LogP contribution in [-0.4, -0.2) is 40.8 Å². The number of carbonyl (C=O) groups is 2. The highest BCUT2D eigenvalue weighted by Gasteiger charge is 2.22. The number of hydrogen-bond acceptors (Lipinski definition) is 3. The molecule has 1 aliphatic heterocycles. The third-order valence-electron chi connectivity index (χ3n) is 3.03. The highest BCUT2D eigenvalue weighted by molar-refractivity contribution is 5.94. The van der Waals surface area contributed by atoms with Crippen molar-refractivity contribution in [1.82, 2.24) is 15.2 Å². The highest BCUT2D eigenvalue weighted by atomic mass is 19.1. The largest absolute Gasteiger partial charge is 0.348 e. The summed E-state index contributed by atoms with van der Waals surface area (Å²) in [5.41, 5.74) is 0.229. The molecule has 0 radical (unpaired) electrons. The van der Waals surface area contributed by atoms with Gasteiger partial charge in [0.2, 0.25) is 11.9 Å². The van der Waals surface area contributed by atoms with Crippen LogP contribution < -0.4 is 5.32 Å². The second kappa shape index (κ2) is 5.77. The number of aromatic nitrogens is 1. The summed E-state index contributed by atoms with van der Waals surface area (Å²) in [6.45, 7) is 3.04. The topological polar surface area (TPSA) is 62.3 Å². The number of rotatable bonds is 4. The first-order valence-electron chi connectivity index (χ1n) is 6.26. The molecule has 0 spiro atoms. The van der Waals surface area contributed by atoms with E-state index in [0.717, 1.165) is 19.0 Å². The molecule has 1 aromatic heterocycles. The zero-order valence-electron chi connectivity index (χ0n) is 10.7. The van der Waals surface area contributed by atoms with Crippen LogP contribution in [0.3, 0.4) is 0 Å². The zero-order valence-corrected chi connectivity index (χ0v) is 10.7. The molecule has 1 fully saturated rings. The maximum absolute atomic E-state index is 12.9. The molecular weight excluding hydrogens is 249 g/mol. The van der Waals surface area contributed by atoms with E-state index in [2.05, 4.69) is 10.3 Å². The van der Waals surface area contributed by atoms with Crippen LogP contribution in [0.1, 0.15) is 30.1 Å². The molecule has 1 N–H and O–H groups in total. The van der Waals surface area contributed by atoms with Gasteiger partial charge in [0.1, 0.15) is 0 Å². The van der Waals surface area contributed by atoms with Crippen LogP contribution in [0.5, 0.6) is 0 Å². The van der Waals surface area contributed by atoms with Gasteiger partial charge in [0.05, 0.1) is 0 Å². The van der Waals surface area contributed by atoms with Gasteiger partial charge in [0.15, 0.2) is 0 Å². The van der Waals surface area contributed by atoms with Gasteiger partial charge in [0.25, 0.3) is 5.91 Å². The lowest BCUT2D eigenvalue weighted by Crippen LogP contribution is -2.42. The number of likely N-dealkylation sites (tertiary alicyclic amines) is 1. The molecule has 1 atom stereocenters. The Bertz CT molecular complexity index is 493. The standard InChI is InChI=1S/C13H16FN3O2/c1-9(8-17-6-2-3-12(17)18)16-13(19)10-4-5-15-11(14)7-10/h4-5,7,9H,2-3,6,8H2,1H3,(H,16,19). The molecule has 102 valence electrons. The van der Waals surface area contributed by atoms with Crippen molar-refractivity contribution in [3.63, 3.8) is 0 Å². The number of amides is 2. The molecule has 0 aliphatic carbocycles. The molecular formula is C13H16FN3O2. The first kappa shape index (κ1) is 13.5. The van der Waals surface area contributed by atoms with E-state index < -0.39 is 5.95 Å². The van der Waals surface area contributed by atoms with Gasteiger partial charge in [-0.3, -0.25) is 9.59 Å². The van der Waals surface area contributed by atoms with E-state index in [1.807, 2.05) is 6.92 Å². The SMILES string of the molecule is CC(CN1CCCC1=O)NC(=O)c1ccnc(F)c1. The Hall–Kier alpha value is -1.98. The van der Waals surface area contributed by atoms with Crippen LogP contribution in [0.4, 0.5) is 4.39 Å². The average Bonchev–Trinajstić information content (AvgIpc) is 2.75. The summed E-state index contributed by atoms with van der Waals surface area (Å²) >= 11 is 0. The van der Waals surface area contributed by atoms with Gasteiger partial charge in [-0.15, -0.1) is 0 Å². The summed E-state index contributed by atoms with van der Waals surface area (Å²) in [4.78, 5) is 28.4. The van der Waals surface area contributed by atoms with E-state index in [4.69, 9.17) is 0 Å². The van der Waals surface area contributed by atoms with Crippen molar-refractivity contribution in [2.75, 3.05) is 13.1 Å². The maximum Gasteiger partial charge on any atom is 0.251 e. The van der Waals surface area contributed by atoms with Crippen LogP contribution >= 0.6 is 0 Å². The van der Waals surface area contributed by atoms with Gasteiger partial charge in [-0.1, -0.05) is 0 Å². The quantitative estimate of drug-likeness (QED) is 0.825. The first-order valence-corrected chi connectivity index (χ1v) is 6.26. The van der Waals surface area contributed by atoms with Crippen molar-refractivity contribution < 1.29 is 14.0 Å². The third kappa shape index (κ3) is 3.49. The number of nitrogens with one attached hydrogen (secondary N) is 1. The summed E-state index contributed by atoms with van der Waals surface area (Å²) in [5.74, 6) is -0.925. The fraction of sp³-hybridized carbons (Fsp3) is 0.462. The van der Waals surface area contributed by atoms with Crippen LogP contribution in [0, 0.1) is 5.95 Å². The molecule has 0 saturated carbocycles. The fourth-order valence-electron chi connectivity index (χ4n) is 2.12. The first-order chi connectivity index (χ1) is 9.06. The molecule has 0 bridgehead atoms. The predicted molar refractivity (Wildman–Crippen MR) is 66.9 cm³/mol. The van der Waals surface area contributed by atoms with Gasteiger partial charge in [-0.25, -0.2) is 4.98 Å². The summed E-state index contributed by atoms with van der Waals surface area (Å²) in [7, 11) is 0. The number of nitrogens with zero attached hydrogens (tertiary/aromatic N) is 2. The van der Waals surface area contributed by atoms with Crippen LogP contribution in [-0.2, 0) is 4.79 Å². The van der Waals surface area contributed by atoms with Crippen molar-refractivity contribution >= 4 is 11.8 Å². The van der Waals surface area contributed by atoms with Crippen LogP contribution in [0.15, 0.2) is 18.3 Å². The number of hydrogen-bond donors (Lipinski definition) is 1. The van der Waals surface area contributed by atoms with Gasteiger partial charge in [0, 0.05) is 43.4 Å². The lowest BCUT2D eigenvalue weighted by Gasteiger charge is -2.21. The minimum absolute atomic E-state index is 0.121. The van der Waals surface area contributed by atoms with E-state index in [9.17, 15) is 14.0 Å². The molecule has 1 saturated heterocycles. The average molecular weight is 265 g/mol. The minimum Gasteiger partial charge on any atom is -0.348 e. The second-order valence-electron chi connectivity index (χ2n) is 4.69. The number of carbonyl (C=O) groups excluding carboxylic acids is 2. The molecule has 6 heteroatoms. The van der Waals surface area contributed by atoms with E-state index in [-0.39, 0.29) is 23.4 Å². The van der Waals surface area contributed by atoms with Crippen LogP contribution in [0.2, 0.25) is 0 Å². The third-order valence-corrected chi connectivity index (χ3v) is 3.03. The Kier molecular flexibility index (Phi) is 4.09. The van der Waals surface area contributed by atoms with E-state index in [1.54, 1.807) is 4.90 Å². The van der Waals surface area contributed by atoms with Gasteiger partial charge in [-0.05, 0) is 19.4 Å². The molecule has 0 aromatic carbocycles. The molecule has 2 amide bonds. The van der Waals surface area contributed by atoms with Crippen molar-refractivity contribution in [3.05, 3.63) is 29.8 Å². The minimum atomic E-state index is -0.685. The smallest absolute Gasteiger partial charge is 0.251 e. The van der Waals surface area contributed by atoms with Crippen LogP contribution in [0.25, 0.3) is 0 Å².